The Morgan fingerprint density at radius 1 is 1.53 bits per heavy atom. The molecule has 4 heteroatoms. The molecule has 0 saturated carbocycles. The summed E-state index contributed by atoms with van der Waals surface area (Å²) in [6.45, 7) is 1.98. The lowest BCUT2D eigenvalue weighted by atomic mass is 10.1. The summed E-state index contributed by atoms with van der Waals surface area (Å²) in [6, 6.07) is 7.17. The van der Waals surface area contributed by atoms with E-state index in [1.54, 1.807) is 19.1 Å². The lowest BCUT2D eigenvalue weighted by Gasteiger charge is -2.12. The third-order valence-electron chi connectivity index (χ3n) is 2.06. The van der Waals surface area contributed by atoms with Crippen molar-refractivity contribution in [1.29, 1.82) is 0 Å². The Labute approximate surface area is 89.1 Å². The Hall–Kier alpha value is -1.39. The number of hydrogen-bond donors (Lipinski definition) is 3. The largest absolute Gasteiger partial charge is 0.389 e. The molecule has 1 aromatic carbocycles. The van der Waals surface area contributed by atoms with Crippen molar-refractivity contribution in [3.05, 3.63) is 29.8 Å². The van der Waals surface area contributed by atoms with Gasteiger partial charge < -0.3 is 16.2 Å². The third kappa shape index (κ3) is 3.34. The second kappa shape index (κ2) is 5.48. The number of benzene rings is 1. The Morgan fingerprint density at radius 3 is 2.80 bits per heavy atom. The van der Waals surface area contributed by atoms with Gasteiger partial charge in [-0.2, -0.15) is 0 Å². The highest BCUT2D eigenvalue weighted by Crippen LogP contribution is 2.22. The summed E-state index contributed by atoms with van der Waals surface area (Å²) in [5, 5.41) is 12.2. The number of amides is 1. The summed E-state index contributed by atoms with van der Waals surface area (Å²) in [6.07, 6.45) is -0.312. The minimum Gasteiger partial charge on any atom is -0.389 e. The number of hydrogen-bond acceptors (Lipinski definition) is 3. The van der Waals surface area contributed by atoms with Gasteiger partial charge in [0.2, 0.25) is 5.91 Å². The molecule has 15 heavy (non-hydrogen) atoms. The first-order valence-corrected chi connectivity index (χ1v) is 4.92. The average molecular weight is 208 g/mol. The molecule has 1 unspecified atom stereocenters. The van der Waals surface area contributed by atoms with Crippen molar-refractivity contribution < 1.29 is 9.90 Å². The van der Waals surface area contributed by atoms with Gasteiger partial charge in [-0.3, -0.25) is 4.79 Å². The molecule has 4 N–H and O–H groups in total. The van der Waals surface area contributed by atoms with E-state index < -0.39 is 6.10 Å². The zero-order valence-electron chi connectivity index (χ0n) is 8.73. The van der Waals surface area contributed by atoms with Gasteiger partial charge in [-0.15, -0.1) is 0 Å². The highest BCUT2D eigenvalue weighted by Gasteiger charge is 2.08. The Kier molecular flexibility index (Phi) is 4.27. The number of carbonyl (C=O) groups excluding carboxylic acids is 1. The first-order chi connectivity index (χ1) is 7.15. The third-order valence-corrected chi connectivity index (χ3v) is 2.06. The fourth-order valence-corrected chi connectivity index (χ4v) is 1.32. The van der Waals surface area contributed by atoms with E-state index in [1.807, 2.05) is 12.1 Å². The van der Waals surface area contributed by atoms with E-state index in [4.69, 9.17) is 5.73 Å². The first kappa shape index (κ1) is 11.7. The smallest absolute Gasteiger partial charge is 0.225 e. The van der Waals surface area contributed by atoms with E-state index in [2.05, 4.69) is 5.32 Å². The van der Waals surface area contributed by atoms with Gasteiger partial charge in [-0.25, -0.2) is 0 Å². The number of anilines is 1. The van der Waals surface area contributed by atoms with Crippen LogP contribution in [0, 0.1) is 0 Å². The molecule has 0 radical (unpaired) electrons. The van der Waals surface area contributed by atoms with E-state index in [-0.39, 0.29) is 12.3 Å². The summed E-state index contributed by atoms with van der Waals surface area (Å²) in [7, 11) is 0. The van der Waals surface area contributed by atoms with Gasteiger partial charge in [0, 0.05) is 24.2 Å². The van der Waals surface area contributed by atoms with E-state index in [1.165, 1.54) is 0 Å². The molecular formula is C11H16N2O2. The fourth-order valence-electron chi connectivity index (χ4n) is 1.32. The Balaban J connectivity index is 2.80. The van der Waals surface area contributed by atoms with Crippen LogP contribution < -0.4 is 11.1 Å². The number of carbonyl (C=O) groups is 1. The van der Waals surface area contributed by atoms with Crippen molar-refractivity contribution in [3.8, 4) is 0 Å². The molecule has 0 aromatic heterocycles. The molecule has 82 valence electrons. The quantitative estimate of drug-likeness (QED) is 0.691. The molecular weight excluding hydrogens is 192 g/mol. The topological polar surface area (TPSA) is 75.3 Å². The predicted molar refractivity (Wildman–Crippen MR) is 59.4 cm³/mol. The zero-order chi connectivity index (χ0) is 11.3. The molecule has 1 atom stereocenters. The molecule has 0 aliphatic heterocycles. The van der Waals surface area contributed by atoms with Gasteiger partial charge in [0.25, 0.3) is 0 Å². The summed E-state index contributed by atoms with van der Waals surface area (Å²) < 4.78 is 0. The number of aliphatic hydroxyl groups is 1. The molecule has 0 bridgehead atoms. The van der Waals surface area contributed by atoms with E-state index >= 15 is 0 Å². The van der Waals surface area contributed by atoms with Crippen LogP contribution in [0.1, 0.15) is 25.0 Å². The SMILES string of the molecule is CC(O)c1ccccc1NC(=O)CCN. The normalized spacial score (nSPS) is 12.2. The van der Waals surface area contributed by atoms with Crippen LogP contribution in [-0.2, 0) is 4.79 Å². The molecule has 0 aliphatic carbocycles. The van der Waals surface area contributed by atoms with Gasteiger partial charge in [-0.05, 0) is 13.0 Å². The number of rotatable bonds is 4. The predicted octanol–water partition coefficient (Wildman–Crippen LogP) is 1.03. The molecule has 0 fully saturated rings. The van der Waals surface area contributed by atoms with Crippen LogP contribution in [0.2, 0.25) is 0 Å². The second-order valence-corrected chi connectivity index (χ2v) is 3.35. The molecule has 0 spiro atoms. The fraction of sp³-hybridized carbons (Fsp3) is 0.364. The summed E-state index contributed by atoms with van der Waals surface area (Å²) in [5.41, 5.74) is 6.63. The van der Waals surface area contributed by atoms with Crippen LogP contribution in [0.4, 0.5) is 5.69 Å². The lowest BCUT2D eigenvalue weighted by molar-refractivity contribution is -0.116. The summed E-state index contributed by atoms with van der Waals surface area (Å²) in [5.74, 6) is -0.134. The summed E-state index contributed by atoms with van der Waals surface area (Å²) >= 11 is 0. The van der Waals surface area contributed by atoms with Crippen LogP contribution in [0.25, 0.3) is 0 Å². The van der Waals surface area contributed by atoms with Crippen LogP contribution in [0.15, 0.2) is 24.3 Å². The molecule has 0 saturated heterocycles. The number of nitrogens with two attached hydrogens (primary N) is 1. The molecule has 1 aromatic rings. The average Bonchev–Trinajstić information content (AvgIpc) is 2.18. The highest BCUT2D eigenvalue weighted by atomic mass is 16.3. The van der Waals surface area contributed by atoms with Crippen LogP contribution in [0.3, 0.4) is 0 Å². The number of aliphatic hydroxyl groups excluding tert-OH is 1. The van der Waals surface area contributed by atoms with Crippen molar-refractivity contribution in [1.82, 2.24) is 0 Å². The summed E-state index contributed by atoms with van der Waals surface area (Å²) in [4.78, 5) is 11.3. The monoisotopic (exact) mass is 208 g/mol. The second-order valence-electron chi connectivity index (χ2n) is 3.35. The number of nitrogens with one attached hydrogen (secondary N) is 1. The molecule has 1 amide bonds. The Bertz CT molecular complexity index is 337. The van der Waals surface area contributed by atoms with Gasteiger partial charge in [0.1, 0.15) is 0 Å². The maximum atomic E-state index is 11.3. The minimum absolute atomic E-state index is 0.134. The van der Waals surface area contributed by atoms with Crippen LogP contribution in [0.5, 0.6) is 0 Å². The maximum Gasteiger partial charge on any atom is 0.225 e. The first-order valence-electron chi connectivity index (χ1n) is 4.92. The van der Waals surface area contributed by atoms with Gasteiger partial charge in [0.15, 0.2) is 0 Å². The number of para-hydroxylation sites is 1. The maximum absolute atomic E-state index is 11.3. The Morgan fingerprint density at radius 2 is 2.20 bits per heavy atom. The molecule has 4 nitrogen and oxygen atoms in total. The standard InChI is InChI=1S/C11H16N2O2/c1-8(14)9-4-2-3-5-10(9)13-11(15)6-7-12/h2-5,8,14H,6-7,12H2,1H3,(H,13,15). The zero-order valence-corrected chi connectivity index (χ0v) is 8.73. The van der Waals surface area contributed by atoms with Crippen molar-refractivity contribution in [2.75, 3.05) is 11.9 Å². The van der Waals surface area contributed by atoms with Gasteiger partial charge in [0.05, 0.1) is 6.10 Å². The van der Waals surface area contributed by atoms with Gasteiger partial charge in [-0.1, -0.05) is 18.2 Å². The minimum atomic E-state index is -0.598. The van der Waals surface area contributed by atoms with Crippen LogP contribution in [-0.4, -0.2) is 17.6 Å². The van der Waals surface area contributed by atoms with E-state index in [0.717, 1.165) is 0 Å². The van der Waals surface area contributed by atoms with E-state index in [9.17, 15) is 9.90 Å². The van der Waals surface area contributed by atoms with E-state index in [0.29, 0.717) is 17.8 Å². The van der Waals surface area contributed by atoms with Crippen molar-refractivity contribution in [2.24, 2.45) is 5.73 Å². The van der Waals surface area contributed by atoms with Crippen molar-refractivity contribution in [3.63, 3.8) is 0 Å². The van der Waals surface area contributed by atoms with Crippen LogP contribution >= 0.6 is 0 Å². The van der Waals surface area contributed by atoms with Gasteiger partial charge >= 0.3 is 0 Å². The molecule has 0 heterocycles. The molecule has 0 aliphatic rings. The lowest BCUT2D eigenvalue weighted by Crippen LogP contribution is -2.17. The molecule has 1 rings (SSSR count). The highest BCUT2D eigenvalue weighted by molar-refractivity contribution is 5.91. The van der Waals surface area contributed by atoms with Crippen molar-refractivity contribution in [2.45, 2.75) is 19.4 Å². The van der Waals surface area contributed by atoms with Crippen molar-refractivity contribution >= 4 is 11.6 Å².